The summed E-state index contributed by atoms with van der Waals surface area (Å²) in [5.41, 5.74) is 5.99. The van der Waals surface area contributed by atoms with Crippen molar-refractivity contribution in [3.63, 3.8) is 0 Å². The van der Waals surface area contributed by atoms with Crippen LogP contribution in [0.4, 0.5) is 5.82 Å². The molecule has 1 saturated carbocycles. The Balaban J connectivity index is 1.29. The average Bonchev–Trinajstić information content (AvgIpc) is 3.48. The van der Waals surface area contributed by atoms with Crippen molar-refractivity contribution in [2.24, 2.45) is 0 Å². The number of pyridine rings is 1. The second kappa shape index (κ2) is 7.66. The van der Waals surface area contributed by atoms with Gasteiger partial charge in [-0.1, -0.05) is 56.3 Å². The molecule has 0 saturated heterocycles. The molecule has 0 radical (unpaired) electrons. The molecule has 0 atom stereocenters. The van der Waals surface area contributed by atoms with Crippen molar-refractivity contribution in [3.05, 3.63) is 83.7 Å². The fraction of sp³-hybridized carbons (Fsp3) is 0.259. The van der Waals surface area contributed by atoms with Gasteiger partial charge in [0.2, 0.25) is 0 Å². The third-order valence-corrected chi connectivity index (χ3v) is 6.58. The summed E-state index contributed by atoms with van der Waals surface area (Å²) in [6, 6.07) is 21.0. The van der Waals surface area contributed by atoms with Gasteiger partial charge in [0.15, 0.2) is 5.82 Å². The molecule has 164 valence electrons. The molecule has 33 heavy (non-hydrogen) atoms. The van der Waals surface area contributed by atoms with Crippen LogP contribution in [-0.2, 0) is 6.54 Å². The van der Waals surface area contributed by atoms with Gasteiger partial charge in [-0.3, -0.25) is 9.69 Å². The lowest BCUT2D eigenvalue weighted by Gasteiger charge is -2.15. The van der Waals surface area contributed by atoms with Gasteiger partial charge in [0.05, 0.1) is 6.54 Å². The van der Waals surface area contributed by atoms with Crippen LogP contribution in [0.1, 0.15) is 60.1 Å². The molecule has 0 spiro atoms. The molecule has 3 heterocycles. The van der Waals surface area contributed by atoms with E-state index >= 15 is 0 Å². The number of carbonyl (C=O) groups excluding carboxylic acids is 1. The standard InChI is InChI=1S/C27H25N5O/c1-17(2)18-6-8-19(9-7-18)20-10-11-21-15-31(27(33)23(21)14-20)25-5-3-4-24(29-25)26-30-28-16-32(26)22-12-13-22/h3-11,14,16-17,22H,12-13,15H2,1-2H3. The summed E-state index contributed by atoms with van der Waals surface area (Å²) in [4.78, 5) is 19.9. The lowest BCUT2D eigenvalue weighted by atomic mass is 9.97. The van der Waals surface area contributed by atoms with Crippen molar-refractivity contribution < 1.29 is 4.79 Å². The van der Waals surface area contributed by atoms with Gasteiger partial charge in [-0.05, 0) is 59.2 Å². The number of nitrogens with zero attached hydrogens (tertiary/aromatic N) is 5. The Kier molecular flexibility index (Phi) is 4.61. The van der Waals surface area contributed by atoms with Crippen molar-refractivity contribution in [1.29, 1.82) is 0 Å². The molecule has 1 aliphatic heterocycles. The number of benzene rings is 2. The lowest BCUT2D eigenvalue weighted by Crippen LogP contribution is -2.24. The van der Waals surface area contributed by atoms with Gasteiger partial charge >= 0.3 is 0 Å². The smallest absolute Gasteiger partial charge is 0.260 e. The SMILES string of the molecule is CC(C)c1ccc(-c2ccc3c(c2)C(=O)N(c2cccc(-c4nncn4C4CC4)n2)C3)cc1. The summed E-state index contributed by atoms with van der Waals surface area (Å²) in [5.74, 6) is 1.88. The molecule has 2 aliphatic rings. The van der Waals surface area contributed by atoms with Crippen molar-refractivity contribution in [2.45, 2.75) is 45.2 Å². The van der Waals surface area contributed by atoms with Crippen molar-refractivity contribution in [1.82, 2.24) is 19.7 Å². The molecule has 6 nitrogen and oxygen atoms in total. The minimum absolute atomic E-state index is 0.0149. The topological polar surface area (TPSA) is 63.9 Å². The second-order valence-electron chi connectivity index (χ2n) is 9.21. The van der Waals surface area contributed by atoms with Gasteiger partial charge in [-0.15, -0.1) is 10.2 Å². The fourth-order valence-corrected chi connectivity index (χ4v) is 4.47. The molecule has 0 bridgehead atoms. The highest BCUT2D eigenvalue weighted by molar-refractivity contribution is 6.10. The summed E-state index contributed by atoms with van der Waals surface area (Å²) in [6.45, 7) is 4.90. The lowest BCUT2D eigenvalue weighted by molar-refractivity contribution is 0.0996. The number of hydrogen-bond donors (Lipinski definition) is 0. The summed E-state index contributed by atoms with van der Waals surface area (Å²) in [7, 11) is 0. The first-order valence-electron chi connectivity index (χ1n) is 11.5. The molecule has 6 heteroatoms. The van der Waals surface area contributed by atoms with Gasteiger partial charge in [0.25, 0.3) is 5.91 Å². The van der Waals surface area contributed by atoms with Crippen molar-refractivity contribution in [3.8, 4) is 22.6 Å². The molecule has 6 rings (SSSR count). The van der Waals surface area contributed by atoms with Crippen LogP contribution in [0.3, 0.4) is 0 Å². The van der Waals surface area contributed by atoms with E-state index < -0.39 is 0 Å². The number of hydrogen-bond acceptors (Lipinski definition) is 4. The Hall–Kier alpha value is -3.80. The summed E-state index contributed by atoms with van der Waals surface area (Å²) >= 11 is 0. The zero-order valence-corrected chi connectivity index (χ0v) is 18.8. The van der Waals surface area contributed by atoms with Gasteiger partial charge in [-0.2, -0.15) is 0 Å². The normalized spacial score (nSPS) is 15.4. The minimum Gasteiger partial charge on any atom is -0.309 e. The zero-order valence-electron chi connectivity index (χ0n) is 18.8. The van der Waals surface area contributed by atoms with Crippen LogP contribution < -0.4 is 4.90 Å². The Morgan fingerprint density at radius 3 is 2.52 bits per heavy atom. The zero-order chi connectivity index (χ0) is 22.5. The molecule has 4 aromatic rings. The van der Waals surface area contributed by atoms with Crippen LogP contribution in [0.25, 0.3) is 22.6 Å². The molecule has 1 amide bonds. The predicted octanol–water partition coefficient (Wildman–Crippen LogP) is 5.63. The highest BCUT2D eigenvalue weighted by atomic mass is 16.2. The minimum atomic E-state index is -0.0149. The third-order valence-electron chi connectivity index (χ3n) is 6.58. The molecule has 0 unspecified atom stereocenters. The highest BCUT2D eigenvalue weighted by Crippen LogP contribution is 2.38. The largest absolute Gasteiger partial charge is 0.309 e. The summed E-state index contributed by atoms with van der Waals surface area (Å²) < 4.78 is 2.09. The van der Waals surface area contributed by atoms with Crippen LogP contribution in [0.15, 0.2) is 67.0 Å². The maximum atomic E-state index is 13.4. The van der Waals surface area contributed by atoms with E-state index in [0.29, 0.717) is 24.3 Å². The van der Waals surface area contributed by atoms with Gasteiger partial charge in [-0.25, -0.2) is 4.98 Å². The molecule has 1 aliphatic carbocycles. The molecule has 1 fully saturated rings. The van der Waals surface area contributed by atoms with E-state index in [1.54, 1.807) is 11.2 Å². The fourth-order valence-electron chi connectivity index (χ4n) is 4.47. The Morgan fingerprint density at radius 1 is 0.970 bits per heavy atom. The predicted molar refractivity (Wildman–Crippen MR) is 128 cm³/mol. The quantitative estimate of drug-likeness (QED) is 0.408. The Bertz CT molecular complexity index is 1350. The van der Waals surface area contributed by atoms with Crippen LogP contribution >= 0.6 is 0 Å². The van der Waals surface area contributed by atoms with E-state index in [-0.39, 0.29) is 5.91 Å². The van der Waals surface area contributed by atoms with E-state index in [9.17, 15) is 4.79 Å². The number of anilines is 1. The van der Waals surface area contributed by atoms with Gasteiger partial charge in [0, 0.05) is 11.6 Å². The van der Waals surface area contributed by atoms with E-state index in [2.05, 4.69) is 65.0 Å². The monoisotopic (exact) mass is 435 g/mol. The first kappa shape index (κ1) is 19.9. The van der Waals surface area contributed by atoms with E-state index in [1.165, 1.54) is 5.56 Å². The number of amides is 1. The summed E-state index contributed by atoms with van der Waals surface area (Å²) in [5, 5.41) is 8.36. The van der Waals surface area contributed by atoms with Gasteiger partial charge in [0.1, 0.15) is 17.8 Å². The number of aromatic nitrogens is 4. The second-order valence-corrected chi connectivity index (χ2v) is 9.21. The number of rotatable bonds is 5. The van der Waals surface area contributed by atoms with Crippen LogP contribution in [0.5, 0.6) is 0 Å². The Labute approximate surface area is 192 Å². The van der Waals surface area contributed by atoms with Crippen molar-refractivity contribution in [2.75, 3.05) is 4.90 Å². The Morgan fingerprint density at radius 2 is 1.76 bits per heavy atom. The maximum absolute atomic E-state index is 13.4. The van der Waals surface area contributed by atoms with Crippen molar-refractivity contribution >= 4 is 11.7 Å². The van der Waals surface area contributed by atoms with Crippen LogP contribution in [0.2, 0.25) is 0 Å². The molecule has 2 aromatic heterocycles. The average molecular weight is 436 g/mol. The van der Waals surface area contributed by atoms with E-state index in [4.69, 9.17) is 4.98 Å². The van der Waals surface area contributed by atoms with Gasteiger partial charge < -0.3 is 4.57 Å². The van der Waals surface area contributed by atoms with Crippen LogP contribution in [0, 0.1) is 0 Å². The highest BCUT2D eigenvalue weighted by Gasteiger charge is 2.31. The van der Waals surface area contributed by atoms with Crippen LogP contribution in [-0.4, -0.2) is 25.7 Å². The third kappa shape index (κ3) is 3.52. The molecular formula is C27H25N5O. The number of carbonyl (C=O) groups is 1. The summed E-state index contributed by atoms with van der Waals surface area (Å²) in [6.07, 6.45) is 4.06. The molecule has 0 N–H and O–H groups in total. The maximum Gasteiger partial charge on any atom is 0.260 e. The van der Waals surface area contributed by atoms with E-state index in [0.717, 1.165) is 46.6 Å². The molecule has 2 aromatic carbocycles. The first-order chi connectivity index (χ1) is 16.1. The molecular weight excluding hydrogens is 410 g/mol. The first-order valence-corrected chi connectivity index (χ1v) is 11.5. The van der Waals surface area contributed by atoms with E-state index in [1.807, 2.05) is 24.3 Å². The number of fused-ring (bicyclic) bond motifs is 1.